The highest BCUT2D eigenvalue weighted by molar-refractivity contribution is 5.55. The molecule has 0 aromatic carbocycles. The lowest BCUT2D eigenvalue weighted by Gasteiger charge is -2.09. The first-order valence-electron chi connectivity index (χ1n) is 5.57. The number of nitrogens with zero attached hydrogens (tertiary/aromatic N) is 3. The summed E-state index contributed by atoms with van der Waals surface area (Å²) in [6.07, 6.45) is 3.31. The van der Waals surface area contributed by atoms with Crippen molar-refractivity contribution in [3.05, 3.63) is 35.8 Å². The lowest BCUT2D eigenvalue weighted by molar-refractivity contribution is 0.281. The molecule has 2 aromatic heterocycles. The summed E-state index contributed by atoms with van der Waals surface area (Å²) in [5.74, 6) is 1.07. The highest BCUT2D eigenvalue weighted by atomic mass is 16.3. The quantitative estimate of drug-likeness (QED) is 0.756. The third-order valence-corrected chi connectivity index (χ3v) is 2.44. The Hall–Kier alpha value is -2.21. The van der Waals surface area contributed by atoms with Gasteiger partial charge >= 0.3 is 0 Å². The Labute approximate surface area is 105 Å². The molecular formula is C12H15N5O. The Kier molecular flexibility index (Phi) is 3.69. The minimum absolute atomic E-state index is 0.0947. The molecule has 0 amide bonds. The van der Waals surface area contributed by atoms with Crippen LogP contribution in [0.2, 0.25) is 0 Å². The van der Waals surface area contributed by atoms with Crippen molar-refractivity contribution < 1.29 is 5.11 Å². The van der Waals surface area contributed by atoms with Crippen LogP contribution in [0.1, 0.15) is 11.3 Å². The summed E-state index contributed by atoms with van der Waals surface area (Å²) in [5.41, 5.74) is 2.43. The molecular weight excluding hydrogens is 230 g/mol. The van der Waals surface area contributed by atoms with E-state index in [-0.39, 0.29) is 6.61 Å². The minimum atomic E-state index is -0.0947. The van der Waals surface area contributed by atoms with Crippen LogP contribution >= 0.6 is 0 Å². The molecule has 18 heavy (non-hydrogen) atoms. The fourth-order valence-electron chi connectivity index (χ4n) is 1.47. The van der Waals surface area contributed by atoms with Gasteiger partial charge in [-0.05, 0) is 19.1 Å². The van der Waals surface area contributed by atoms with Gasteiger partial charge in [0.2, 0.25) is 5.95 Å². The van der Waals surface area contributed by atoms with Crippen LogP contribution in [0.25, 0.3) is 0 Å². The van der Waals surface area contributed by atoms with E-state index in [1.807, 2.05) is 19.1 Å². The monoisotopic (exact) mass is 245 g/mol. The lowest BCUT2D eigenvalue weighted by Crippen LogP contribution is -2.04. The fourth-order valence-corrected chi connectivity index (χ4v) is 1.47. The molecule has 0 aliphatic heterocycles. The molecule has 0 spiro atoms. The molecule has 3 N–H and O–H groups in total. The minimum Gasteiger partial charge on any atom is -0.391 e. The summed E-state index contributed by atoms with van der Waals surface area (Å²) in [7, 11) is 1.75. The van der Waals surface area contributed by atoms with Crippen molar-refractivity contribution in [2.24, 2.45) is 0 Å². The Morgan fingerprint density at radius 3 is 2.67 bits per heavy atom. The van der Waals surface area contributed by atoms with Crippen LogP contribution < -0.4 is 10.6 Å². The zero-order valence-corrected chi connectivity index (χ0v) is 10.3. The van der Waals surface area contributed by atoms with E-state index in [0.717, 1.165) is 11.4 Å². The molecule has 0 unspecified atom stereocenters. The van der Waals surface area contributed by atoms with Crippen LogP contribution in [-0.4, -0.2) is 27.1 Å². The fraction of sp³-hybridized carbons (Fsp3) is 0.250. The van der Waals surface area contributed by atoms with E-state index in [1.165, 1.54) is 0 Å². The van der Waals surface area contributed by atoms with E-state index < -0.39 is 0 Å². The van der Waals surface area contributed by atoms with Gasteiger partial charge in [0.1, 0.15) is 5.82 Å². The molecule has 0 saturated heterocycles. The van der Waals surface area contributed by atoms with E-state index >= 15 is 0 Å². The number of anilines is 3. The van der Waals surface area contributed by atoms with Gasteiger partial charge in [-0.25, -0.2) is 4.98 Å². The first-order valence-corrected chi connectivity index (χ1v) is 5.57. The van der Waals surface area contributed by atoms with E-state index in [0.29, 0.717) is 17.3 Å². The second-order valence-electron chi connectivity index (χ2n) is 3.79. The number of aromatic nitrogens is 3. The zero-order valence-electron chi connectivity index (χ0n) is 10.3. The van der Waals surface area contributed by atoms with Crippen molar-refractivity contribution in [1.82, 2.24) is 15.0 Å². The van der Waals surface area contributed by atoms with Crippen molar-refractivity contribution in [2.75, 3.05) is 17.7 Å². The maximum atomic E-state index is 9.11. The molecule has 0 atom stereocenters. The predicted octanol–water partition coefficient (Wildman–Crippen LogP) is 1.46. The van der Waals surface area contributed by atoms with Gasteiger partial charge in [0, 0.05) is 24.5 Å². The smallest absolute Gasteiger partial charge is 0.229 e. The summed E-state index contributed by atoms with van der Waals surface area (Å²) >= 11 is 0. The molecule has 0 bridgehead atoms. The first-order chi connectivity index (χ1) is 8.72. The topological polar surface area (TPSA) is 83.0 Å². The van der Waals surface area contributed by atoms with E-state index in [1.54, 1.807) is 19.4 Å². The highest BCUT2D eigenvalue weighted by Crippen LogP contribution is 2.16. The highest BCUT2D eigenvalue weighted by Gasteiger charge is 2.05. The lowest BCUT2D eigenvalue weighted by atomic mass is 10.3. The molecule has 0 aliphatic carbocycles. The van der Waals surface area contributed by atoms with Crippen LogP contribution in [0.3, 0.4) is 0 Å². The molecule has 94 valence electrons. The van der Waals surface area contributed by atoms with Gasteiger partial charge in [-0.3, -0.25) is 4.98 Å². The van der Waals surface area contributed by atoms with Crippen molar-refractivity contribution in [3.8, 4) is 0 Å². The molecule has 2 rings (SSSR count). The van der Waals surface area contributed by atoms with Gasteiger partial charge in [0.15, 0.2) is 0 Å². The first kappa shape index (κ1) is 12.3. The van der Waals surface area contributed by atoms with E-state index in [4.69, 9.17) is 5.11 Å². The summed E-state index contributed by atoms with van der Waals surface area (Å²) in [6, 6.07) is 3.81. The summed E-state index contributed by atoms with van der Waals surface area (Å²) < 4.78 is 0. The molecule has 0 saturated carbocycles. The molecule has 0 radical (unpaired) electrons. The van der Waals surface area contributed by atoms with Gasteiger partial charge in [-0.15, -0.1) is 0 Å². The SMILES string of the molecule is CNc1nc(Nc2ccc(C)nc2)ncc1CO. The largest absolute Gasteiger partial charge is 0.391 e. The van der Waals surface area contributed by atoms with Crippen molar-refractivity contribution >= 4 is 17.5 Å². The average Bonchev–Trinajstić information content (AvgIpc) is 2.41. The number of hydrogen-bond donors (Lipinski definition) is 3. The number of nitrogens with one attached hydrogen (secondary N) is 2. The molecule has 0 fully saturated rings. The normalized spacial score (nSPS) is 10.2. The number of pyridine rings is 1. The third kappa shape index (κ3) is 2.72. The summed E-state index contributed by atoms with van der Waals surface area (Å²) in [6.45, 7) is 1.83. The predicted molar refractivity (Wildman–Crippen MR) is 69.8 cm³/mol. The molecule has 6 heteroatoms. The number of aliphatic hydroxyl groups excluding tert-OH is 1. The van der Waals surface area contributed by atoms with Crippen LogP contribution in [0.5, 0.6) is 0 Å². The standard InChI is InChI=1S/C12H15N5O/c1-8-3-4-10(6-14-8)16-12-15-5-9(7-18)11(13-2)17-12/h3-6,18H,7H2,1-2H3,(H2,13,15,16,17). The van der Waals surface area contributed by atoms with E-state index in [2.05, 4.69) is 25.6 Å². The van der Waals surface area contributed by atoms with Crippen LogP contribution in [-0.2, 0) is 6.61 Å². The summed E-state index contributed by atoms with van der Waals surface area (Å²) in [5, 5.41) is 15.1. The van der Waals surface area contributed by atoms with Crippen LogP contribution in [0.15, 0.2) is 24.5 Å². The number of hydrogen-bond acceptors (Lipinski definition) is 6. The average molecular weight is 245 g/mol. The molecule has 0 aliphatic rings. The summed E-state index contributed by atoms with van der Waals surface area (Å²) in [4.78, 5) is 12.6. The second-order valence-corrected chi connectivity index (χ2v) is 3.79. The Bertz CT molecular complexity index is 526. The van der Waals surface area contributed by atoms with Gasteiger partial charge in [-0.2, -0.15) is 4.98 Å². The Morgan fingerprint density at radius 2 is 2.06 bits per heavy atom. The van der Waals surface area contributed by atoms with E-state index in [9.17, 15) is 0 Å². The number of aliphatic hydroxyl groups is 1. The molecule has 6 nitrogen and oxygen atoms in total. The second kappa shape index (κ2) is 5.42. The zero-order chi connectivity index (χ0) is 13.0. The number of aryl methyl sites for hydroxylation is 1. The van der Waals surface area contributed by atoms with Gasteiger partial charge < -0.3 is 15.7 Å². The van der Waals surface area contributed by atoms with Gasteiger partial charge in [0.05, 0.1) is 18.5 Å². The van der Waals surface area contributed by atoms with Gasteiger partial charge in [-0.1, -0.05) is 0 Å². The van der Waals surface area contributed by atoms with Crippen molar-refractivity contribution in [3.63, 3.8) is 0 Å². The maximum absolute atomic E-state index is 9.11. The maximum Gasteiger partial charge on any atom is 0.229 e. The van der Waals surface area contributed by atoms with Crippen molar-refractivity contribution in [1.29, 1.82) is 0 Å². The Balaban J connectivity index is 2.21. The third-order valence-electron chi connectivity index (χ3n) is 2.44. The van der Waals surface area contributed by atoms with Crippen molar-refractivity contribution in [2.45, 2.75) is 13.5 Å². The molecule has 2 heterocycles. The number of rotatable bonds is 4. The Morgan fingerprint density at radius 1 is 1.22 bits per heavy atom. The van der Waals surface area contributed by atoms with Crippen LogP contribution in [0.4, 0.5) is 17.5 Å². The molecule has 2 aromatic rings. The van der Waals surface area contributed by atoms with Crippen LogP contribution in [0, 0.1) is 6.92 Å². The van der Waals surface area contributed by atoms with Gasteiger partial charge in [0.25, 0.3) is 0 Å².